The highest BCUT2D eigenvalue weighted by Gasteiger charge is 2.48. The van der Waals surface area contributed by atoms with Crippen LogP contribution >= 0.6 is 11.3 Å². The van der Waals surface area contributed by atoms with Gasteiger partial charge in [0.05, 0.1) is 28.9 Å². The fourth-order valence-corrected chi connectivity index (χ4v) is 5.91. The summed E-state index contributed by atoms with van der Waals surface area (Å²) >= 11 is 1.37. The molecule has 0 aliphatic carbocycles. The average Bonchev–Trinajstić information content (AvgIpc) is 3.38. The molecule has 1 atom stereocenters. The molecule has 1 aliphatic rings. The first-order valence-electron chi connectivity index (χ1n) is 11.6. The number of hydrogen-bond acceptors (Lipinski definition) is 6. The van der Waals surface area contributed by atoms with Crippen molar-refractivity contribution in [1.82, 2.24) is 4.98 Å². The number of Topliss-reactive ketones (excluding diaryl/α,β-unsaturated/α-hetero) is 1. The molecule has 3 aromatic carbocycles. The second-order valence-electron chi connectivity index (χ2n) is 9.19. The zero-order chi connectivity index (χ0) is 25.7. The molecule has 0 bridgehead atoms. The normalized spacial score (nSPS) is 17.2. The van der Waals surface area contributed by atoms with Gasteiger partial charge in [-0.2, -0.15) is 0 Å². The average molecular weight is 499 g/mol. The van der Waals surface area contributed by atoms with E-state index in [1.54, 1.807) is 25.3 Å². The maximum Gasteiger partial charge on any atom is 0.301 e. The number of aliphatic hydroxyl groups is 1. The number of fused-ring (bicyclic) bond motifs is 1. The second-order valence-corrected chi connectivity index (χ2v) is 10.2. The molecule has 7 heteroatoms. The summed E-state index contributed by atoms with van der Waals surface area (Å²) in [6, 6.07) is 16.1. The van der Waals surface area contributed by atoms with Gasteiger partial charge in [-0.25, -0.2) is 4.98 Å². The molecule has 1 N–H and O–H groups in total. The van der Waals surface area contributed by atoms with Crippen molar-refractivity contribution >= 4 is 44.1 Å². The SMILES string of the molecule is COc1ccc(/C(O)=C2\C(=O)C(=O)N(c3nc4c(C)cc(C)cc4s3)[C@H]2c2ccc(C)cc2)cc1C. The molecule has 1 fully saturated rings. The number of carbonyl (C=O) groups excluding carboxylic acids is 2. The molecule has 182 valence electrons. The van der Waals surface area contributed by atoms with Gasteiger partial charge in [0.15, 0.2) is 5.13 Å². The van der Waals surface area contributed by atoms with Crippen LogP contribution < -0.4 is 9.64 Å². The van der Waals surface area contributed by atoms with E-state index in [1.807, 2.05) is 64.1 Å². The van der Waals surface area contributed by atoms with Gasteiger partial charge in [0.25, 0.3) is 5.78 Å². The van der Waals surface area contributed by atoms with Gasteiger partial charge in [0.1, 0.15) is 11.5 Å². The molecule has 0 radical (unpaired) electrons. The molecule has 6 nitrogen and oxygen atoms in total. The summed E-state index contributed by atoms with van der Waals surface area (Å²) in [5, 5.41) is 11.8. The Morgan fingerprint density at radius 3 is 2.33 bits per heavy atom. The van der Waals surface area contributed by atoms with Crippen LogP contribution in [0.15, 0.2) is 60.2 Å². The summed E-state index contributed by atoms with van der Waals surface area (Å²) in [4.78, 5) is 33.1. The molecular formula is C29H26N2O4S. The first kappa shape index (κ1) is 23.8. The smallest absolute Gasteiger partial charge is 0.301 e. The van der Waals surface area contributed by atoms with Crippen molar-refractivity contribution in [2.75, 3.05) is 12.0 Å². The standard InChI is InChI=1S/C29H26N2O4S/c1-15-6-8-19(9-7-15)25-23(26(32)20-10-11-21(35-5)17(3)14-20)27(33)28(34)31(25)29-30-24-18(4)12-16(2)13-22(24)36-29/h6-14,25,32H,1-5H3/b26-23+/t25-/m0/s1. The van der Waals surface area contributed by atoms with Crippen LogP contribution in [-0.2, 0) is 9.59 Å². The number of carbonyl (C=O) groups is 2. The number of ether oxygens (including phenoxy) is 1. The van der Waals surface area contributed by atoms with E-state index in [0.29, 0.717) is 16.4 Å². The number of nitrogens with zero attached hydrogens (tertiary/aromatic N) is 2. The summed E-state index contributed by atoms with van der Waals surface area (Å²) in [5.41, 5.74) is 5.97. The van der Waals surface area contributed by atoms with Crippen LogP contribution in [0.2, 0.25) is 0 Å². The monoisotopic (exact) mass is 498 g/mol. The fourth-order valence-electron chi connectivity index (χ4n) is 4.74. The lowest BCUT2D eigenvalue weighted by atomic mass is 9.94. The van der Waals surface area contributed by atoms with E-state index >= 15 is 0 Å². The van der Waals surface area contributed by atoms with E-state index in [4.69, 9.17) is 9.72 Å². The van der Waals surface area contributed by atoms with Crippen molar-refractivity contribution in [2.45, 2.75) is 33.7 Å². The summed E-state index contributed by atoms with van der Waals surface area (Å²) < 4.78 is 6.28. The number of benzene rings is 3. The van der Waals surface area contributed by atoms with Gasteiger partial charge in [0.2, 0.25) is 0 Å². The van der Waals surface area contributed by atoms with Crippen molar-refractivity contribution in [3.63, 3.8) is 0 Å². The van der Waals surface area contributed by atoms with Crippen LogP contribution in [0.4, 0.5) is 5.13 Å². The van der Waals surface area contributed by atoms with E-state index in [2.05, 4.69) is 0 Å². The number of aliphatic hydroxyl groups excluding tert-OH is 1. The maximum absolute atomic E-state index is 13.5. The van der Waals surface area contributed by atoms with Gasteiger partial charge in [0, 0.05) is 5.56 Å². The van der Waals surface area contributed by atoms with Crippen LogP contribution in [0, 0.1) is 27.7 Å². The minimum atomic E-state index is -0.810. The summed E-state index contributed by atoms with van der Waals surface area (Å²) in [6.45, 7) is 7.83. The van der Waals surface area contributed by atoms with Gasteiger partial charge >= 0.3 is 5.91 Å². The Kier molecular flexibility index (Phi) is 5.88. The molecule has 2 heterocycles. The highest BCUT2D eigenvalue weighted by molar-refractivity contribution is 7.22. The Morgan fingerprint density at radius 2 is 1.67 bits per heavy atom. The first-order chi connectivity index (χ1) is 17.2. The number of aromatic nitrogens is 1. The van der Waals surface area contributed by atoms with Crippen molar-refractivity contribution < 1.29 is 19.4 Å². The lowest BCUT2D eigenvalue weighted by molar-refractivity contribution is -0.132. The Balaban J connectivity index is 1.73. The molecule has 1 aromatic heterocycles. The third kappa shape index (κ3) is 3.85. The lowest BCUT2D eigenvalue weighted by Gasteiger charge is -2.23. The molecule has 1 amide bonds. The Bertz CT molecular complexity index is 1570. The van der Waals surface area contributed by atoms with Crippen LogP contribution in [-0.4, -0.2) is 28.9 Å². The molecule has 4 aromatic rings. The molecule has 0 saturated carbocycles. The Hall–Kier alpha value is -3.97. The van der Waals surface area contributed by atoms with Gasteiger partial charge in [-0.05, 0) is 74.2 Å². The zero-order valence-electron chi connectivity index (χ0n) is 20.7. The van der Waals surface area contributed by atoms with Crippen molar-refractivity contribution in [2.24, 2.45) is 0 Å². The number of hydrogen-bond donors (Lipinski definition) is 1. The number of thiazole rings is 1. The maximum atomic E-state index is 13.5. The molecule has 0 spiro atoms. The van der Waals surface area contributed by atoms with Crippen molar-refractivity contribution in [1.29, 1.82) is 0 Å². The highest BCUT2D eigenvalue weighted by Crippen LogP contribution is 2.45. The minimum absolute atomic E-state index is 0.0422. The predicted molar refractivity (Wildman–Crippen MR) is 143 cm³/mol. The summed E-state index contributed by atoms with van der Waals surface area (Å²) in [5.74, 6) is -0.998. The van der Waals surface area contributed by atoms with Crippen molar-refractivity contribution in [3.05, 3.63) is 93.6 Å². The second kappa shape index (κ2) is 8.91. The zero-order valence-corrected chi connectivity index (χ0v) is 21.6. The van der Waals surface area contributed by atoms with E-state index in [1.165, 1.54) is 16.2 Å². The topological polar surface area (TPSA) is 79.7 Å². The Labute approximate surface area is 213 Å². The first-order valence-corrected chi connectivity index (χ1v) is 12.4. The van der Waals surface area contributed by atoms with E-state index in [-0.39, 0.29) is 11.3 Å². The van der Waals surface area contributed by atoms with Crippen LogP contribution in [0.5, 0.6) is 5.75 Å². The molecule has 1 aliphatic heterocycles. The summed E-state index contributed by atoms with van der Waals surface area (Å²) in [6.07, 6.45) is 0. The van der Waals surface area contributed by atoms with Gasteiger partial charge in [-0.3, -0.25) is 14.5 Å². The molecule has 5 rings (SSSR count). The van der Waals surface area contributed by atoms with Crippen molar-refractivity contribution in [3.8, 4) is 5.75 Å². The van der Waals surface area contributed by atoms with Gasteiger partial charge < -0.3 is 9.84 Å². The number of anilines is 1. The largest absolute Gasteiger partial charge is 0.507 e. The van der Waals surface area contributed by atoms with Crippen LogP contribution in [0.25, 0.3) is 16.0 Å². The predicted octanol–water partition coefficient (Wildman–Crippen LogP) is 6.16. The van der Waals surface area contributed by atoms with E-state index in [9.17, 15) is 14.7 Å². The summed E-state index contributed by atoms with van der Waals surface area (Å²) in [7, 11) is 1.58. The van der Waals surface area contributed by atoms with E-state index in [0.717, 1.165) is 38.0 Å². The molecule has 1 saturated heterocycles. The number of rotatable bonds is 4. The number of amides is 1. The van der Waals surface area contributed by atoms with E-state index < -0.39 is 17.7 Å². The number of aryl methyl sites for hydroxylation is 4. The quantitative estimate of drug-likeness (QED) is 0.207. The molecule has 36 heavy (non-hydrogen) atoms. The van der Waals surface area contributed by atoms with Crippen LogP contribution in [0.3, 0.4) is 0 Å². The third-order valence-corrected chi connectivity index (χ3v) is 7.53. The fraction of sp³-hybridized carbons (Fsp3) is 0.207. The number of ketones is 1. The van der Waals surface area contributed by atoms with Gasteiger partial charge in [-0.1, -0.05) is 47.2 Å². The van der Waals surface area contributed by atoms with Crippen LogP contribution in [0.1, 0.15) is 39.4 Å². The number of methoxy groups -OCH3 is 1. The minimum Gasteiger partial charge on any atom is -0.507 e. The van der Waals surface area contributed by atoms with Gasteiger partial charge in [-0.15, -0.1) is 0 Å². The lowest BCUT2D eigenvalue weighted by Crippen LogP contribution is -2.29. The third-order valence-electron chi connectivity index (χ3n) is 6.53. The Morgan fingerprint density at radius 1 is 0.944 bits per heavy atom. The highest BCUT2D eigenvalue weighted by atomic mass is 32.1. The molecular weight excluding hydrogens is 472 g/mol. The molecule has 0 unspecified atom stereocenters.